The van der Waals surface area contributed by atoms with E-state index in [2.05, 4.69) is 5.32 Å². The maximum absolute atomic E-state index is 13.0. The molecule has 0 fully saturated rings. The number of nitrogens with one attached hydrogen (secondary N) is 1. The average molecular weight is 324 g/mol. The Morgan fingerprint density at radius 3 is 2.81 bits per heavy atom. The molecule has 0 radical (unpaired) electrons. The van der Waals surface area contributed by atoms with E-state index in [1.165, 1.54) is 23.9 Å². The maximum atomic E-state index is 13.0. The fourth-order valence-corrected chi connectivity index (χ4v) is 2.83. The molecule has 5 heteroatoms. The van der Waals surface area contributed by atoms with E-state index in [9.17, 15) is 9.18 Å². The smallest absolute Gasteiger partial charge is 0.234 e. The first-order chi connectivity index (χ1) is 10.0. The Hall–Kier alpha value is -1.52. The molecular formula is C16H15ClFNOS. The summed E-state index contributed by atoms with van der Waals surface area (Å²) in [5, 5.41) is 3.48. The lowest BCUT2D eigenvalue weighted by molar-refractivity contribution is -0.113. The van der Waals surface area contributed by atoms with E-state index >= 15 is 0 Å². The highest BCUT2D eigenvalue weighted by Crippen LogP contribution is 2.18. The lowest BCUT2D eigenvalue weighted by Gasteiger charge is -2.08. The van der Waals surface area contributed by atoms with Gasteiger partial charge in [0.1, 0.15) is 5.82 Å². The summed E-state index contributed by atoms with van der Waals surface area (Å²) in [6, 6.07) is 11.9. The predicted octanol–water partition coefficient (Wildman–Crippen LogP) is 4.66. The zero-order valence-electron chi connectivity index (χ0n) is 11.5. The number of thioether (sulfide) groups is 1. The van der Waals surface area contributed by atoms with Crippen molar-refractivity contribution in [2.45, 2.75) is 12.7 Å². The number of anilines is 1. The van der Waals surface area contributed by atoms with Gasteiger partial charge in [-0.25, -0.2) is 4.39 Å². The van der Waals surface area contributed by atoms with Crippen molar-refractivity contribution in [2.24, 2.45) is 0 Å². The molecule has 2 aromatic carbocycles. The Bertz CT molecular complexity index is 648. The molecule has 0 aliphatic carbocycles. The Balaban J connectivity index is 1.82. The molecule has 21 heavy (non-hydrogen) atoms. The van der Waals surface area contributed by atoms with Crippen molar-refractivity contribution < 1.29 is 9.18 Å². The monoisotopic (exact) mass is 323 g/mol. The molecule has 0 saturated heterocycles. The predicted molar refractivity (Wildman–Crippen MR) is 87.4 cm³/mol. The highest BCUT2D eigenvalue weighted by Gasteiger charge is 2.06. The fourth-order valence-electron chi connectivity index (χ4n) is 1.84. The Kier molecular flexibility index (Phi) is 5.65. The molecule has 2 nitrogen and oxygen atoms in total. The van der Waals surface area contributed by atoms with Gasteiger partial charge < -0.3 is 5.32 Å². The van der Waals surface area contributed by atoms with Crippen LogP contribution < -0.4 is 5.32 Å². The van der Waals surface area contributed by atoms with Crippen molar-refractivity contribution in [1.29, 1.82) is 0 Å². The van der Waals surface area contributed by atoms with Gasteiger partial charge in [0.05, 0.1) is 5.75 Å². The first-order valence-electron chi connectivity index (χ1n) is 6.43. The van der Waals surface area contributed by atoms with Crippen LogP contribution in [0.5, 0.6) is 0 Å². The highest BCUT2D eigenvalue weighted by molar-refractivity contribution is 7.99. The molecule has 0 unspecified atom stereocenters. The molecule has 2 aromatic rings. The number of hydrogen-bond acceptors (Lipinski definition) is 2. The van der Waals surface area contributed by atoms with Gasteiger partial charge in [0.15, 0.2) is 0 Å². The van der Waals surface area contributed by atoms with Gasteiger partial charge in [-0.1, -0.05) is 23.7 Å². The van der Waals surface area contributed by atoms with E-state index in [1.54, 1.807) is 13.0 Å². The first-order valence-corrected chi connectivity index (χ1v) is 7.96. The van der Waals surface area contributed by atoms with Crippen LogP contribution >= 0.6 is 23.4 Å². The summed E-state index contributed by atoms with van der Waals surface area (Å²) in [4.78, 5) is 11.9. The zero-order chi connectivity index (χ0) is 15.2. The van der Waals surface area contributed by atoms with Crippen LogP contribution in [0, 0.1) is 12.7 Å². The van der Waals surface area contributed by atoms with Crippen molar-refractivity contribution in [3.8, 4) is 0 Å². The topological polar surface area (TPSA) is 29.1 Å². The molecule has 0 aliphatic heterocycles. The van der Waals surface area contributed by atoms with Gasteiger partial charge in [-0.2, -0.15) is 0 Å². The van der Waals surface area contributed by atoms with Crippen LogP contribution in [0.1, 0.15) is 11.1 Å². The molecular weight excluding hydrogens is 309 g/mol. The number of aryl methyl sites for hydroxylation is 1. The Morgan fingerprint density at radius 2 is 2.10 bits per heavy atom. The van der Waals surface area contributed by atoms with Crippen molar-refractivity contribution in [3.05, 3.63) is 64.4 Å². The summed E-state index contributed by atoms with van der Waals surface area (Å²) in [6.07, 6.45) is 0. The first kappa shape index (κ1) is 15.9. The molecule has 1 N–H and O–H groups in total. The van der Waals surface area contributed by atoms with Gasteiger partial charge >= 0.3 is 0 Å². The molecule has 110 valence electrons. The minimum Gasteiger partial charge on any atom is -0.325 e. The second-order valence-corrected chi connectivity index (χ2v) is 6.05. The van der Waals surface area contributed by atoms with Gasteiger partial charge in [0.25, 0.3) is 0 Å². The minimum absolute atomic E-state index is 0.100. The van der Waals surface area contributed by atoms with Crippen molar-refractivity contribution in [1.82, 2.24) is 0 Å². The summed E-state index contributed by atoms with van der Waals surface area (Å²) in [5.41, 5.74) is 2.44. The van der Waals surface area contributed by atoms with Crippen LogP contribution in [-0.4, -0.2) is 11.7 Å². The number of halogens is 2. The molecule has 0 atom stereocenters. The lowest BCUT2D eigenvalue weighted by Crippen LogP contribution is -2.15. The van der Waals surface area contributed by atoms with E-state index in [0.717, 1.165) is 11.3 Å². The largest absolute Gasteiger partial charge is 0.325 e. The summed E-state index contributed by atoms with van der Waals surface area (Å²) in [6.45, 7) is 1.76. The van der Waals surface area contributed by atoms with Crippen LogP contribution in [0.4, 0.5) is 10.1 Å². The normalized spacial score (nSPS) is 10.4. The van der Waals surface area contributed by atoms with Gasteiger partial charge in [-0.3, -0.25) is 4.79 Å². The second kappa shape index (κ2) is 7.48. The van der Waals surface area contributed by atoms with Gasteiger partial charge in [-0.15, -0.1) is 11.8 Å². The summed E-state index contributed by atoms with van der Waals surface area (Å²) in [5.74, 6) is 0.650. The van der Waals surface area contributed by atoms with Crippen LogP contribution in [0.2, 0.25) is 5.02 Å². The SMILES string of the molecule is Cc1cc(F)ccc1NC(=O)CSCc1cccc(Cl)c1. The summed E-state index contributed by atoms with van der Waals surface area (Å²) in [7, 11) is 0. The number of hydrogen-bond donors (Lipinski definition) is 1. The van der Waals surface area contributed by atoms with Crippen molar-refractivity contribution >= 4 is 35.0 Å². The molecule has 0 spiro atoms. The number of benzene rings is 2. The number of amides is 1. The van der Waals surface area contributed by atoms with E-state index in [0.29, 0.717) is 22.0 Å². The van der Waals surface area contributed by atoms with Crippen molar-refractivity contribution in [3.63, 3.8) is 0 Å². The summed E-state index contributed by atoms with van der Waals surface area (Å²) < 4.78 is 13.0. The second-order valence-electron chi connectivity index (χ2n) is 4.63. The van der Waals surface area contributed by atoms with E-state index in [-0.39, 0.29) is 11.7 Å². The standard InChI is InChI=1S/C16H15ClFNOS/c1-11-7-14(18)5-6-15(11)19-16(20)10-21-9-12-3-2-4-13(17)8-12/h2-8H,9-10H2,1H3,(H,19,20). The molecule has 0 aromatic heterocycles. The summed E-state index contributed by atoms with van der Waals surface area (Å²) >= 11 is 7.41. The number of rotatable bonds is 5. The van der Waals surface area contributed by atoms with E-state index < -0.39 is 0 Å². The third-order valence-electron chi connectivity index (χ3n) is 2.85. The molecule has 0 aliphatic rings. The van der Waals surface area contributed by atoms with E-state index in [4.69, 9.17) is 11.6 Å². The Morgan fingerprint density at radius 1 is 1.29 bits per heavy atom. The molecule has 2 rings (SSSR count). The van der Waals surface area contributed by atoms with Crippen LogP contribution in [0.3, 0.4) is 0 Å². The minimum atomic E-state index is -0.305. The Labute approximate surface area is 132 Å². The van der Waals surface area contributed by atoms with Gasteiger partial charge in [0.2, 0.25) is 5.91 Å². The quantitative estimate of drug-likeness (QED) is 0.867. The molecule has 0 bridgehead atoms. The van der Waals surface area contributed by atoms with Crippen LogP contribution in [0.25, 0.3) is 0 Å². The number of carbonyl (C=O) groups excluding carboxylic acids is 1. The van der Waals surface area contributed by atoms with E-state index in [1.807, 2.05) is 24.3 Å². The lowest BCUT2D eigenvalue weighted by atomic mass is 10.2. The average Bonchev–Trinajstić information content (AvgIpc) is 2.42. The molecule has 1 amide bonds. The van der Waals surface area contributed by atoms with Crippen LogP contribution in [-0.2, 0) is 10.5 Å². The highest BCUT2D eigenvalue weighted by atomic mass is 35.5. The van der Waals surface area contributed by atoms with Crippen molar-refractivity contribution in [2.75, 3.05) is 11.1 Å². The zero-order valence-corrected chi connectivity index (χ0v) is 13.1. The third-order valence-corrected chi connectivity index (χ3v) is 4.09. The molecule has 0 saturated carbocycles. The van der Waals surface area contributed by atoms with Crippen LogP contribution in [0.15, 0.2) is 42.5 Å². The van der Waals surface area contributed by atoms with Gasteiger partial charge in [0, 0.05) is 16.5 Å². The maximum Gasteiger partial charge on any atom is 0.234 e. The van der Waals surface area contributed by atoms with Gasteiger partial charge in [-0.05, 0) is 48.4 Å². The third kappa shape index (κ3) is 5.06. The number of carbonyl (C=O) groups is 1. The fraction of sp³-hybridized carbons (Fsp3) is 0.188. The molecule has 0 heterocycles.